The van der Waals surface area contributed by atoms with E-state index in [2.05, 4.69) is 10.0 Å². The minimum absolute atomic E-state index is 0.0350. The number of Topliss-reactive ketones (excluding diaryl/α,β-unsaturated/α-hetero) is 1. The highest BCUT2D eigenvalue weighted by molar-refractivity contribution is 7.89. The number of carbonyl (C=O) groups excluding carboxylic acids is 3. The fourth-order valence-electron chi connectivity index (χ4n) is 1.83. The number of sulfonamides is 1. The van der Waals surface area contributed by atoms with E-state index in [9.17, 15) is 22.8 Å². The van der Waals surface area contributed by atoms with E-state index in [1.165, 1.54) is 24.3 Å². The van der Waals surface area contributed by atoms with Crippen molar-refractivity contribution in [2.45, 2.75) is 45.6 Å². The third-order valence-corrected chi connectivity index (χ3v) is 5.09. The second kappa shape index (κ2) is 9.09. The Morgan fingerprint density at radius 2 is 1.63 bits per heavy atom. The molecule has 0 aliphatic heterocycles. The van der Waals surface area contributed by atoms with Crippen LogP contribution in [0.2, 0.25) is 0 Å². The van der Waals surface area contributed by atoms with Gasteiger partial charge in [0.25, 0.3) is 5.91 Å². The van der Waals surface area contributed by atoms with Crippen LogP contribution in [-0.2, 0) is 24.3 Å². The standard InChI is InChI=1S/C18H26N2O6S/c1-12(2)20-27(24,25)14-8-6-13(7-9-14)17(23)19-10-16(22)26-11-15(21)18(3,4)5/h6-9,12,20H,10-11H2,1-5H3,(H,19,23). The summed E-state index contributed by atoms with van der Waals surface area (Å²) >= 11 is 0. The fourth-order valence-corrected chi connectivity index (χ4v) is 3.08. The van der Waals surface area contributed by atoms with E-state index in [1.54, 1.807) is 34.6 Å². The van der Waals surface area contributed by atoms with Crippen molar-refractivity contribution in [3.05, 3.63) is 29.8 Å². The highest BCUT2D eigenvalue weighted by atomic mass is 32.2. The molecule has 0 bridgehead atoms. The fraction of sp³-hybridized carbons (Fsp3) is 0.500. The maximum Gasteiger partial charge on any atom is 0.325 e. The van der Waals surface area contributed by atoms with Crippen LogP contribution in [0.3, 0.4) is 0 Å². The van der Waals surface area contributed by atoms with Gasteiger partial charge in [-0.3, -0.25) is 14.4 Å². The summed E-state index contributed by atoms with van der Waals surface area (Å²) in [5, 5.41) is 2.36. The molecule has 2 N–H and O–H groups in total. The summed E-state index contributed by atoms with van der Waals surface area (Å²) < 4.78 is 31.3. The van der Waals surface area contributed by atoms with E-state index >= 15 is 0 Å². The van der Waals surface area contributed by atoms with Crippen LogP contribution in [0.15, 0.2) is 29.2 Å². The summed E-state index contributed by atoms with van der Waals surface area (Å²) in [4.78, 5) is 35.4. The molecule has 0 aliphatic carbocycles. The lowest BCUT2D eigenvalue weighted by atomic mass is 9.91. The number of benzene rings is 1. The molecule has 0 atom stereocenters. The van der Waals surface area contributed by atoms with Crippen LogP contribution in [-0.4, -0.2) is 45.3 Å². The van der Waals surface area contributed by atoms with Gasteiger partial charge in [-0.25, -0.2) is 13.1 Å². The largest absolute Gasteiger partial charge is 0.456 e. The van der Waals surface area contributed by atoms with Gasteiger partial charge in [0, 0.05) is 17.0 Å². The Morgan fingerprint density at radius 3 is 2.11 bits per heavy atom. The number of nitrogens with one attached hydrogen (secondary N) is 2. The summed E-state index contributed by atoms with van der Waals surface area (Å²) in [6, 6.07) is 5.05. The van der Waals surface area contributed by atoms with Crippen molar-refractivity contribution in [3.8, 4) is 0 Å². The Morgan fingerprint density at radius 1 is 1.07 bits per heavy atom. The van der Waals surface area contributed by atoms with Crippen LogP contribution < -0.4 is 10.0 Å². The number of carbonyl (C=O) groups is 3. The second-order valence-electron chi connectivity index (χ2n) is 7.32. The van der Waals surface area contributed by atoms with Crippen molar-refractivity contribution in [1.82, 2.24) is 10.0 Å². The van der Waals surface area contributed by atoms with Gasteiger partial charge in [0.2, 0.25) is 10.0 Å². The molecular weight excluding hydrogens is 372 g/mol. The molecule has 27 heavy (non-hydrogen) atoms. The predicted molar refractivity (Wildman–Crippen MR) is 99.7 cm³/mol. The van der Waals surface area contributed by atoms with Crippen molar-refractivity contribution < 1.29 is 27.5 Å². The summed E-state index contributed by atoms with van der Waals surface area (Å²) in [7, 11) is -3.64. The van der Waals surface area contributed by atoms with Gasteiger partial charge in [0.1, 0.15) is 6.54 Å². The number of rotatable bonds is 8. The van der Waals surface area contributed by atoms with E-state index < -0.39 is 33.9 Å². The Kier molecular flexibility index (Phi) is 7.67. The van der Waals surface area contributed by atoms with Crippen LogP contribution in [0.1, 0.15) is 45.0 Å². The van der Waals surface area contributed by atoms with Gasteiger partial charge >= 0.3 is 5.97 Å². The molecule has 150 valence electrons. The van der Waals surface area contributed by atoms with Crippen molar-refractivity contribution in [3.63, 3.8) is 0 Å². The monoisotopic (exact) mass is 398 g/mol. The molecule has 0 heterocycles. The lowest BCUT2D eigenvalue weighted by Gasteiger charge is -2.16. The van der Waals surface area contributed by atoms with Gasteiger partial charge < -0.3 is 10.1 Å². The number of esters is 1. The Balaban J connectivity index is 2.58. The molecule has 0 fully saturated rings. The molecule has 8 nitrogen and oxygen atoms in total. The number of ether oxygens (including phenoxy) is 1. The number of ketones is 1. The lowest BCUT2D eigenvalue weighted by molar-refractivity contribution is -0.149. The molecule has 0 saturated heterocycles. The minimum atomic E-state index is -3.64. The van der Waals surface area contributed by atoms with Crippen molar-refractivity contribution in [2.75, 3.05) is 13.2 Å². The molecule has 0 aliphatic rings. The third-order valence-electron chi connectivity index (χ3n) is 3.41. The average molecular weight is 398 g/mol. The predicted octanol–water partition coefficient (Wildman–Crippen LogP) is 1.26. The first-order valence-electron chi connectivity index (χ1n) is 8.42. The van der Waals surface area contributed by atoms with Gasteiger partial charge in [0.05, 0.1) is 4.90 Å². The molecule has 0 unspecified atom stereocenters. The number of hydrogen-bond acceptors (Lipinski definition) is 6. The summed E-state index contributed by atoms with van der Waals surface area (Å²) in [6.07, 6.45) is 0. The maximum absolute atomic E-state index is 12.0. The highest BCUT2D eigenvalue weighted by Crippen LogP contribution is 2.14. The summed E-state index contributed by atoms with van der Waals surface area (Å²) in [5.74, 6) is -1.52. The first kappa shape index (κ1) is 22.8. The van der Waals surface area contributed by atoms with Gasteiger partial charge in [0.15, 0.2) is 12.4 Å². The second-order valence-corrected chi connectivity index (χ2v) is 9.03. The zero-order valence-electron chi connectivity index (χ0n) is 16.2. The maximum atomic E-state index is 12.0. The zero-order valence-corrected chi connectivity index (χ0v) is 17.0. The Labute approximate surface area is 159 Å². The molecule has 1 aromatic carbocycles. The first-order chi connectivity index (χ1) is 12.3. The highest BCUT2D eigenvalue weighted by Gasteiger charge is 2.22. The van der Waals surface area contributed by atoms with Crippen molar-refractivity contribution >= 4 is 27.7 Å². The first-order valence-corrected chi connectivity index (χ1v) is 9.91. The smallest absolute Gasteiger partial charge is 0.325 e. The Bertz CT molecular complexity index is 792. The normalized spacial score (nSPS) is 11.9. The summed E-state index contributed by atoms with van der Waals surface area (Å²) in [6.45, 7) is 7.79. The van der Waals surface area contributed by atoms with E-state index in [0.29, 0.717) is 0 Å². The van der Waals surface area contributed by atoms with Crippen LogP contribution >= 0.6 is 0 Å². The van der Waals surface area contributed by atoms with Crippen LogP contribution in [0.25, 0.3) is 0 Å². The lowest BCUT2D eigenvalue weighted by Crippen LogP contribution is -2.33. The van der Waals surface area contributed by atoms with Gasteiger partial charge in [-0.1, -0.05) is 20.8 Å². The molecule has 0 radical (unpaired) electrons. The molecule has 1 amide bonds. The molecule has 1 rings (SSSR count). The molecule has 0 spiro atoms. The number of hydrogen-bond donors (Lipinski definition) is 2. The Hall–Kier alpha value is -2.26. The van der Waals surface area contributed by atoms with Crippen LogP contribution in [0.5, 0.6) is 0 Å². The van der Waals surface area contributed by atoms with E-state index in [1.807, 2.05) is 0 Å². The van der Waals surface area contributed by atoms with Crippen LogP contribution in [0.4, 0.5) is 0 Å². The topological polar surface area (TPSA) is 119 Å². The van der Waals surface area contributed by atoms with Crippen molar-refractivity contribution in [1.29, 1.82) is 0 Å². The SMILES string of the molecule is CC(C)NS(=O)(=O)c1ccc(C(=O)NCC(=O)OCC(=O)C(C)(C)C)cc1. The van der Waals surface area contributed by atoms with Crippen molar-refractivity contribution in [2.24, 2.45) is 5.41 Å². The summed E-state index contributed by atoms with van der Waals surface area (Å²) in [5.41, 5.74) is -0.423. The quantitative estimate of drug-likeness (QED) is 0.637. The molecule has 0 saturated carbocycles. The van der Waals surface area contributed by atoms with E-state index in [0.717, 1.165) is 0 Å². The molecular formula is C18H26N2O6S. The zero-order chi connectivity index (χ0) is 20.8. The third kappa shape index (κ3) is 7.48. The average Bonchev–Trinajstić information content (AvgIpc) is 2.55. The van der Waals surface area contributed by atoms with E-state index in [4.69, 9.17) is 4.74 Å². The van der Waals surface area contributed by atoms with Crippen LogP contribution in [0, 0.1) is 5.41 Å². The van der Waals surface area contributed by atoms with Gasteiger partial charge in [-0.2, -0.15) is 0 Å². The number of amides is 1. The minimum Gasteiger partial charge on any atom is -0.456 e. The molecule has 1 aromatic rings. The van der Waals surface area contributed by atoms with Gasteiger partial charge in [-0.05, 0) is 38.1 Å². The molecule has 0 aromatic heterocycles. The van der Waals surface area contributed by atoms with E-state index in [-0.39, 0.29) is 28.9 Å². The van der Waals surface area contributed by atoms with Gasteiger partial charge in [-0.15, -0.1) is 0 Å². The molecule has 9 heteroatoms.